The Morgan fingerprint density at radius 2 is 1.79 bits per heavy atom. The van der Waals surface area contributed by atoms with E-state index in [1.165, 1.54) is 11.1 Å². The minimum Gasteiger partial charge on any atom is -0.496 e. The first-order chi connectivity index (χ1) is 18.4. The molecule has 202 valence electrons. The largest absolute Gasteiger partial charge is 0.496 e. The van der Waals surface area contributed by atoms with Crippen LogP contribution in [0.25, 0.3) is 11.4 Å². The average molecular weight is 518 g/mol. The van der Waals surface area contributed by atoms with E-state index in [0.29, 0.717) is 42.9 Å². The molecule has 1 heterocycles. The zero-order valence-corrected chi connectivity index (χ0v) is 22.7. The molecule has 1 amide bonds. The molecule has 38 heavy (non-hydrogen) atoms. The van der Waals surface area contributed by atoms with Crippen molar-refractivity contribution in [2.24, 2.45) is 11.8 Å². The number of anilines is 1. The number of aliphatic hydroxyl groups excluding tert-OH is 1. The zero-order valence-electron chi connectivity index (χ0n) is 22.7. The molecular formula is C31H39N3O4. The van der Waals surface area contributed by atoms with Crippen molar-refractivity contribution in [3.63, 3.8) is 0 Å². The van der Waals surface area contributed by atoms with Crippen molar-refractivity contribution in [2.75, 3.05) is 18.6 Å². The summed E-state index contributed by atoms with van der Waals surface area (Å²) in [7, 11) is 1.72. The number of aromatic nitrogens is 2. The van der Waals surface area contributed by atoms with Crippen molar-refractivity contribution < 1.29 is 19.2 Å². The van der Waals surface area contributed by atoms with E-state index in [0.717, 1.165) is 55.5 Å². The second kappa shape index (κ2) is 11.7. The van der Waals surface area contributed by atoms with Crippen LogP contribution in [0.15, 0.2) is 47.0 Å². The van der Waals surface area contributed by atoms with Crippen molar-refractivity contribution in [3.8, 4) is 17.1 Å². The van der Waals surface area contributed by atoms with E-state index in [4.69, 9.17) is 9.26 Å². The summed E-state index contributed by atoms with van der Waals surface area (Å²) in [6.45, 7) is 4.59. The number of methoxy groups -OCH3 is 1. The number of nitrogens with zero attached hydrogens (tertiary/aromatic N) is 3. The van der Waals surface area contributed by atoms with Crippen LogP contribution in [0.1, 0.15) is 74.3 Å². The van der Waals surface area contributed by atoms with E-state index in [-0.39, 0.29) is 17.9 Å². The number of hydrogen-bond donors (Lipinski definition) is 1. The molecule has 1 aromatic heterocycles. The lowest BCUT2D eigenvalue weighted by Gasteiger charge is -2.36. The second-order valence-corrected chi connectivity index (χ2v) is 11.1. The molecule has 2 saturated carbocycles. The first-order valence-corrected chi connectivity index (χ1v) is 14.0. The first kappa shape index (κ1) is 26.4. The topological polar surface area (TPSA) is 88.7 Å². The summed E-state index contributed by atoms with van der Waals surface area (Å²) in [5.41, 5.74) is 4.29. The second-order valence-electron chi connectivity index (χ2n) is 11.1. The fourth-order valence-corrected chi connectivity index (χ4v) is 6.19. The molecule has 0 atom stereocenters. The molecule has 5 rings (SSSR count). The number of aryl methyl sites for hydroxylation is 2. The Kier molecular flexibility index (Phi) is 8.12. The third-order valence-electron chi connectivity index (χ3n) is 8.43. The van der Waals surface area contributed by atoms with E-state index in [9.17, 15) is 9.90 Å². The van der Waals surface area contributed by atoms with Gasteiger partial charge in [-0.1, -0.05) is 29.4 Å². The summed E-state index contributed by atoms with van der Waals surface area (Å²) in [5, 5.41) is 14.1. The number of benzene rings is 2. The van der Waals surface area contributed by atoms with Gasteiger partial charge >= 0.3 is 0 Å². The van der Waals surface area contributed by atoms with Gasteiger partial charge in [-0.2, -0.15) is 4.98 Å². The van der Waals surface area contributed by atoms with Crippen LogP contribution in [0.5, 0.6) is 5.75 Å². The maximum Gasteiger partial charge on any atom is 0.230 e. The molecule has 0 saturated heterocycles. The highest BCUT2D eigenvalue weighted by Gasteiger charge is 2.32. The standard InChI is InChI=1S/C31H39N3O4/c1-20-17-25(13-16-29(20)37-3)23-9-7-22(8-10-23)19-34(31(36)24-11-14-28(35)15-12-24)27-6-4-5-26(18-27)30-32-21(2)38-33-30/h4-6,13,16-18,22-24,28,35H,7-12,14-15,19H2,1-3H3/t22-,23-,24-,28-. The summed E-state index contributed by atoms with van der Waals surface area (Å²) < 4.78 is 10.6. The molecular weight excluding hydrogens is 478 g/mol. The average Bonchev–Trinajstić information content (AvgIpc) is 3.38. The molecule has 2 aliphatic rings. The van der Waals surface area contributed by atoms with E-state index in [2.05, 4.69) is 35.3 Å². The predicted molar refractivity (Wildman–Crippen MR) is 147 cm³/mol. The fraction of sp³-hybridized carbons (Fsp3) is 0.516. The summed E-state index contributed by atoms with van der Waals surface area (Å²) in [6, 6.07) is 14.5. The molecule has 2 fully saturated rings. The van der Waals surface area contributed by atoms with Crippen LogP contribution in [0, 0.1) is 25.7 Å². The maximum atomic E-state index is 13.9. The molecule has 0 unspecified atom stereocenters. The van der Waals surface area contributed by atoms with E-state index in [1.807, 2.05) is 29.2 Å². The van der Waals surface area contributed by atoms with Crippen LogP contribution in [0.4, 0.5) is 5.69 Å². The van der Waals surface area contributed by atoms with Crippen molar-refractivity contribution in [1.82, 2.24) is 10.1 Å². The first-order valence-electron chi connectivity index (χ1n) is 14.0. The molecule has 2 aliphatic carbocycles. The molecule has 7 heteroatoms. The lowest BCUT2D eigenvalue weighted by atomic mass is 9.78. The highest BCUT2D eigenvalue weighted by molar-refractivity contribution is 5.95. The number of aliphatic hydroxyl groups is 1. The van der Waals surface area contributed by atoms with Gasteiger partial charge in [0.15, 0.2) is 0 Å². The third kappa shape index (κ3) is 5.93. The Morgan fingerprint density at radius 3 is 2.45 bits per heavy atom. The minimum atomic E-state index is -0.283. The molecule has 3 aromatic rings. The van der Waals surface area contributed by atoms with Crippen LogP contribution in [0.2, 0.25) is 0 Å². The highest BCUT2D eigenvalue weighted by atomic mass is 16.5. The highest BCUT2D eigenvalue weighted by Crippen LogP contribution is 2.39. The summed E-state index contributed by atoms with van der Waals surface area (Å²) in [5.74, 6) is 3.10. The van der Waals surface area contributed by atoms with Crippen molar-refractivity contribution in [1.29, 1.82) is 0 Å². The Hall–Kier alpha value is -3.19. The molecule has 1 N–H and O–H groups in total. The van der Waals surface area contributed by atoms with Crippen LogP contribution < -0.4 is 9.64 Å². The normalized spacial score (nSPS) is 23.7. The number of ether oxygens (including phenoxy) is 1. The van der Waals surface area contributed by atoms with Gasteiger partial charge in [-0.25, -0.2) is 0 Å². The quantitative estimate of drug-likeness (QED) is 0.400. The number of amides is 1. The molecule has 0 radical (unpaired) electrons. The third-order valence-corrected chi connectivity index (χ3v) is 8.43. The van der Waals surface area contributed by atoms with Crippen LogP contribution in [0.3, 0.4) is 0 Å². The Balaban J connectivity index is 1.32. The zero-order chi connectivity index (χ0) is 26.6. The van der Waals surface area contributed by atoms with Crippen LogP contribution >= 0.6 is 0 Å². The van der Waals surface area contributed by atoms with E-state index >= 15 is 0 Å². The Morgan fingerprint density at radius 1 is 1.03 bits per heavy atom. The molecule has 7 nitrogen and oxygen atoms in total. The monoisotopic (exact) mass is 517 g/mol. The lowest BCUT2D eigenvalue weighted by Crippen LogP contribution is -2.41. The maximum absolute atomic E-state index is 13.9. The van der Waals surface area contributed by atoms with Crippen LogP contribution in [-0.2, 0) is 4.79 Å². The SMILES string of the molecule is COc1ccc([C@H]2CC[C@H](CN(c3cccc(-c4noc(C)n4)c3)C(=O)[C@H]3CC[C@H](O)CC3)CC2)cc1C. The number of rotatable bonds is 7. The van der Waals surface area contributed by atoms with Gasteiger partial charge in [-0.15, -0.1) is 0 Å². The van der Waals surface area contributed by atoms with Crippen molar-refractivity contribution >= 4 is 11.6 Å². The molecule has 0 spiro atoms. The number of hydrogen-bond acceptors (Lipinski definition) is 6. The molecule has 0 aliphatic heterocycles. The van der Waals surface area contributed by atoms with Gasteiger partial charge < -0.3 is 19.3 Å². The minimum absolute atomic E-state index is 0.0481. The van der Waals surface area contributed by atoms with Gasteiger partial charge in [0.1, 0.15) is 5.75 Å². The smallest absolute Gasteiger partial charge is 0.230 e. The predicted octanol–water partition coefficient (Wildman–Crippen LogP) is 6.22. The van der Waals surface area contributed by atoms with Crippen molar-refractivity contribution in [3.05, 3.63) is 59.5 Å². The van der Waals surface area contributed by atoms with Gasteiger partial charge in [-0.3, -0.25) is 4.79 Å². The van der Waals surface area contributed by atoms with Crippen LogP contribution in [-0.4, -0.2) is 40.9 Å². The summed E-state index contributed by atoms with van der Waals surface area (Å²) in [4.78, 5) is 20.3. The lowest BCUT2D eigenvalue weighted by molar-refractivity contribution is -0.124. The van der Waals surface area contributed by atoms with E-state index in [1.54, 1.807) is 14.0 Å². The van der Waals surface area contributed by atoms with Gasteiger partial charge in [0.25, 0.3) is 0 Å². The summed E-state index contributed by atoms with van der Waals surface area (Å²) >= 11 is 0. The Labute approximate surface area is 225 Å². The van der Waals surface area contributed by atoms with Gasteiger partial charge in [0.2, 0.25) is 17.6 Å². The van der Waals surface area contributed by atoms with Crippen molar-refractivity contribution in [2.45, 2.75) is 77.2 Å². The summed E-state index contributed by atoms with van der Waals surface area (Å²) in [6.07, 6.45) is 7.01. The van der Waals surface area contributed by atoms with Gasteiger partial charge in [0.05, 0.1) is 13.2 Å². The van der Waals surface area contributed by atoms with Gasteiger partial charge in [0, 0.05) is 30.6 Å². The fourth-order valence-electron chi connectivity index (χ4n) is 6.19. The Bertz CT molecular complexity index is 1240. The number of carbonyl (C=O) groups is 1. The molecule has 0 bridgehead atoms. The van der Waals surface area contributed by atoms with Gasteiger partial charge in [-0.05, 0) is 99.5 Å². The van der Waals surface area contributed by atoms with E-state index < -0.39 is 0 Å². The number of carbonyl (C=O) groups excluding carboxylic acids is 1. The molecule has 2 aromatic carbocycles.